The first-order chi connectivity index (χ1) is 52.8. The van der Waals surface area contributed by atoms with Gasteiger partial charge in [-0.3, -0.25) is 0 Å². The van der Waals surface area contributed by atoms with Gasteiger partial charge in [-0.15, -0.1) is 0 Å². The normalized spacial score (nSPS) is 21.4. The first-order valence-electron chi connectivity index (χ1n) is 31.2. The molecule has 2 fully saturated rings. The van der Waals surface area contributed by atoms with Gasteiger partial charge in [0.25, 0.3) is 0 Å². The van der Waals surface area contributed by atoms with E-state index in [4.69, 9.17) is 56.8 Å². The molecule has 9 bridgehead atoms. The van der Waals surface area contributed by atoms with Crippen molar-refractivity contribution in [2.75, 3.05) is 13.2 Å². The van der Waals surface area contributed by atoms with Gasteiger partial charge in [0.15, 0.2) is 153 Å². The molecule has 0 radical (unpaired) electrons. The molecule has 8 aromatic carbocycles. The van der Waals surface area contributed by atoms with Crippen LogP contribution in [-0.2, 0) is 47.4 Å². The van der Waals surface area contributed by atoms with Gasteiger partial charge >= 0.3 is 47.8 Å². The van der Waals surface area contributed by atoms with Gasteiger partial charge in [-0.1, -0.05) is 0 Å². The Kier molecular flexibility index (Phi) is 18.3. The van der Waals surface area contributed by atoms with Gasteiger partial charge in [0.2, 0.25) is 46.0 Å². The lowest BCUT2D eigenvalue weighted by Gasteiger charge is -2.42. The predicted octanol–water partition coefficient (Wildman–Crippen LogP) is 2.17. The molecular weight excluding hydrogens is 1520 g/mol. The monoisotopic (exact) mass is 1570 g/mol. The molecule has 44 nitrogen and oxygen atoms in total. The molecule has 0 saturated carbocycles. The van der Waals surface area contributed by atoms with Crippen molar-refractivity contribution in [2.45, 2.75) is 61.4 Å². The average Bonchev–Trinajstić information content (AvgIpc) is 1.19. The molecule has 6 aliphatic rings. The van der Waals surface area contributed by atoms with Gasteiger partial charge in [-0.05, 0) is 36.4 Å². The fourth-order valence-corrected chi connectivity index (χ4v) is 12.3. The number of phenols is 22. The molecule has 0 amide bonds. The molecule has 0 unspecified atom stereocenters. The van der Waals surface area contributed by atoms with Gasteiger partial charge in [-0.2, -0.15) is 0 Å². The lowest BCUT2D eigenvalue weighted by molar-refractivity contribution is -0.284. The van der Waals surface area contributed by atoms with Crippen LogP contribution in [0.2, 0.25) is 0 Å². The number of esters is 8. The van der Waals surface area contributed by atoms with E-state index in [2.05, 4.69) is 0 Å². The highest BCUT2D eigenvalue weighted by molar-refractivity contribution is 6.10. The standard InChI is InChI=1S/C68H48O44/c69-21-1-13(2-22(70)37(21)77)59(91)109-55-53-32-12-102-62(94)17-9-29(43(83)47(87)35(17)34-16(63(95)107-53)6-26(74)40(80)46(34)86)103-51-19(7-27(75)41(81)49(51)89)65(97)112-58-56(110-60(92)14-3-23(71)38(78)24(72)4-14)54-31(105-68(58)100)11-101-61(93)15-5-25(73)39(79)45(85)33(15)36-18(64(96)108-54)10-30(44(84)48(36)88)104-52-20(8-28(76)42(82)50(52)90)66(98)111-57(55)67(99)106-32/h1-10,31-32,53-58,67-90,99-100H,11-12H2/t31-,32-,53-,54-,55+,56+,57-,58-,67+,68-/m1/s1. The van der Waals surface area contributed by atoms with Crippen LogP contribution in [0.3, 0.4) is 0 Å². The molecule has 14 rings (SSSR count). The average molecular weight is 1570 g/mol. The number of ether oxygens (including phenoxy) is 12. The Morgan fingerprint density at radius 1 is 0.295 bits per heavy atom. The smallest absolute Gasteiger partial charge is 0.342 e. The fourth-order valence-electron chi connectivity index (χ4n) is 12.3. The Morgan fingerprint density at radius 2 is 0.554 bits per heavy atom. The number of aliphatic hydroxyl groups excluding tert-OH is 2. The van der Waals surface area contributed by atoms with Gasteiger partial charge < -0.3 is 179 Å². The Balaban J connectivity index is 1.08. The van der Waals surface area contributed by atoms with E-state index in [-0.39, 0.29) is 30.3 Å². The number of aliphatic hydroxyl groups is 2. The number of phenolic OH excluding ortho intramolecular Hbond substituents is 22. The van der Waals surface area contributed by atoms with Crippen LogP contribution < -0.4 is 9.47 Å². The molecule has 0 aromatic heterocycles. The van der Waals surface area contributed by atoms with Crippen molar-refractivity contribution < 1.29 is 218 Å². The van der Waals surface area contributed by atoms with Crippen LogP contribution in [0, 0.1) is 0 Å². The number of carbonyl (C=O) groups is 8. The predicted molar refractivity (Wildman–Crippen MR) is 344 cm³/mol. The molecule has 0 aliphatic carbocycles. The molecule has 24 N–H and O–H groups in total. The lowest BCUT2D eigenvalue weighted by atomic mass is 9.91. The van der Waals surface area contributed by atoms with Crippen molar-refractivity contribution in [3.63, 3.8) is 0 Å². The molecule has 6 heterocycles. The number of aromatic hydroxyl groups is 22. The third kappa shape index (κ3) is 12.4. The van der Waals surface area contributed by atoms with Crippen molar-refractivity contribution >= 4 is 47.8 Å². The zero-order valence-electron chi connectivity index (χ0n) is 54.9. The molecule has 584 valence electrons. The second kappa shape index (κ2) is 27.4. The highest BCUT2D eigenvalue weighted by atomic mass is 16.7. The summed E-state index contributed by atoms with van der Waals surface area (Å²) in [5, 5.41) is 269. The zero-order valence-corrected chi connectivity index (χ0v) is 54.9. The van der Waals surface area contributed by atoms with Crippen molar-refractivity contribution in [1.82, 2.24) is 0 Å². The first-order valence-corrected chi connectivity index (χ1v) is 31.2. The Hall–Kier alpha value is -15.4. The number of rotatable bonds is 4. The Bertz CT molecular complexity index is 5420. The zero-order chi connectivity index (χ0) is 81.3. The van der Waals surface area contributed by atoms with Crippen molar-refractivity contribution in [3.05, 3.63) is 105 Å². The summed E-state index contributed by atoms with van der Waals surface area (Å²) >= 11 is 0. The summed E-state index contributed by atoms with van der Waals surface area (Å²) in [6, 6.07) is 2.96. The number of cyclic esters (lactones) is 1. The van der Waals surface area contributed by atoms with Crippen molar-refractivity contribution in [2.24, 2.45) is 0 Å². The molecule has 44 heteroatoms. The van der Waals surface area contributed by atoms with E-state index in [1.165, 1.54) is 0 Å². The van der Waals surface area contributed by atoms with E-state index >= 15 is 19.2 Å². The maximum absolute atomic E-state index is 15.5. The van der Waals surface area contributed by atoms with Crippen LogP contribution in [-0.4, -0.2) is 245 Å². The summed E-state index contributed by atoms with van der Waals surface area (Å²) in [4.78, 5) is 119. The molecular formula is C68H48O44. The molecule has 112 heavy (non-hydrogen) atoms. The largest absolute Gasteiger partial charge is 0.504 e. The van der Waals surface area contributed by atoms with Crippen LogP contribution in [0.4, 0.5) is 0 Å². The number of hydrogen-bond acceptors (Lipinski definition) is 44. The van der Waals surface area contributed by atoms with Gasteiger partial charge in [0.05, 0.1) is 33.4 Å². The van der Waals surface area contributed by atoms with E-state index in [0.717, 1.165) is 0 Å². The third-order valence-corrected chi connectivity index (χ3v) is 17.7. The topological polar surface area (TPSA) is 733 Å². The highest BCUT2D eigenvalue weighted by Gasteiger charge is 2.56. The second-order valence-corrected chi connectivity index (χ2v) is 24.4. The summed E-state index contributed by atoms with van der Waals surface area (Å²) in [5.41, 5.74) is -15.9. The number of carbonyl (C=O) groups excluding carboxylic acids is 8. The molecule has 2 saturated heterocycles. The Labute approximate surface area is 615 Å². The van der Waals surface area contributed by atoms with E-state index in [1.807, 2.05) is 0 Å². The van der Waals surface area contributed by atoms with Crippen molar-refractivity contribution in [3.8, 4) is 172 Å². The summed E-state index contributed by atoms with van der Waals surface area (Å²) < 4.78 is 67.6. The maximum Gasteiger partial charge on any atom is 0.342 e. The molecule has 6 aliphatic heterocycles. The van der Waals surface area contributed by atoms with Gasteiger partial charge in [-0.25, -0.2) is 38.4 Å². The minimum absolute atomic E-state index is 0.148. The fraction of sp³-hybridized carbons (Fsp3) is 0.176. The summed E-state index contributed by atoms with van der Waals surface area (Å²) in [6.45, 7) is -2.98. The van der Waals surface area contributed by atoms with Gasteiger partial charge in [0, 0.05) is 46.5 Å². The third-order valence-electron chi connectivity index (χ3n) is 17.7. The first kappa shape index (κ1) is 74.8. The second-order valence-electron chi connectivity index (χ2n) is 24.4. The molecule has 10 atom stereocenters. The quantitative estimate of drug-likeness (QED) is 0.0682. The molecule has 0 spiro atoms. The summed E-state index contributed by atoms with van der Waals surface area (Å²) in [5.74, 6) is -56.6. The minimum Gasteiger partial charge on any atom is -0.504 e. The number of hydrogen-bond donors (Lipinski definition) is 24. The van der Waals surface area contributed by atoms with E-state index in [0.29, 0.717) is 30.3 Å². The maximum atomic E-state index is 15.5. The van der Waals surface area contributed by atoms with Crippen LogP contribution in [0.1, 0.15) is 82.9 Å². The van der Waals surface area contributed by atoms with Crippen LogP contribution in [0.5, 0.6) is 149 Å². The summed E-state index contributed by atoms with van der Waals surface area (Å²) in [7, 11) is 0. The highest BCUT2D eigenvalue weighted by Crippen LogP contribution is 2.59. The summed E-state index contributed by atoms with van der Waals surface area (Å²) in [6.07, 6.45) is -27.7. The van der Waals surface area contributed by atoms with Crippen LogP contribution in [0.25, 0.3) is 22.3 Å². The lowest BCUT2D eigenvalue weighted by Crippen LogP contribution is -2.62. The minimum atomic E-state index is -2.94. The van der Waals surface area contributed by atoms with E-state index in [1.54, 1.807) is 0 Å². The molecule has 8 aromatic rings. The van der Waals surface area contributed by atoms with E-state index in [9.17, 15) is 142 Å². The number of benzene rings is 8. The van der Waals surface area contributed by atoms with Gasteiger partial charge in [0.1, 0.15) is 36.5 Å². The van der Waals surface area contributed by atoms with Crippen LogP contribution >= 0.6 is 0 Å². The SMILES string of the molecule is O=C(O[C@@H]1[C@H]2OC(=O)c3cc(O)c(O)c(O)c3Oc3cc4c(c(O)c3O)-c3c(cc(O)c(O)c3O)C(=O)O[C@H]3[C@H](OC(=O)c5cc(O)c(O)c(O)c5)[C@@H](OC(=O)c5cc(O)c(O)c(O)c5Oc5cc6c(c(O)c5O)-c5c(cc(O)c(O)c5O)C(=O)OC[C@@H](O[C@H]2O)[C@H]1OC6=O)[C@@H](O)O[C@@H]3COC4=O)c1cc(O)c(O)c(O)c1. The van der Waals surface area contributed by atoms with Crippen molar-refractivity contribution in [1.29, 1.82) is 0 Å². The van der Waals surface area contributed by atoms with Crippen LogP contribution in [0.15, 0.2) is 60.7 Å². The van der Waals surface area contributed by atoms with E-state index < -0.39 is 339 Å². The Morgan fingerprint density at radius 3 is 0.893 bits per heavy atom. The number of fused-ring (bicyclic) bond motifs is 7.